The van der Waals surface area contributed by atoms with Crippen molar-refractivity contribution in [2.75, 3.05) is 5.32 Å². The van der Waals surface area contributed by atoms with E-state index in [1.54, 1.807) is 24.7 Å². The van der Waals surface area contributed by atoms with Gasteiger partial charge in [0.25, 0.3) is 5.91 Å². The quantitative estimate of drug-likeness (QED) is 0.522. The van der Waals surface area contributed by atoms with Gasteiger partial charge in [0.15, 0.2) is 11.6 Å². The van der Waals surface area contributed by atoms with Crippen molar-refractivity contribution < 1.29 is 9.21 Å². The van der Waals surface area contributed by atoms with Crippen molar-refractivity contribution in [3.8, 4) is 11.6 Å². The number of hydrogen-bond donors (Lipinski definition) is 2. The number of benzene rings is 1. The maximum Gasteiger partial charge on any atom is 0.259 e. The van der Waals surface area contributed by atoms with Crippen molar-refractivity contribution in [1.82, 2.24) is 19.4 Å². The molecule has 0 bridgehead atoms. The summed E-state index contributed by atoms with van der Waals surface area (Å²) in [6.07, 6.45) is 6.92. The molecule has 5 rings (SSSR count). The third kappa shape index (κ3) is 2.34. The van der Waals surface area contributed by atoms with Crippen LogP contribution in [0.5, 0.6) is 0 Å². The summed E-state index contributed by atoms with van der Waals surface area (Å²) in [4.78, 5) is 24.6. The van der Waals surface area contributed by atoms with Crippen LogP contribution in [0.4, 0.5) is 5.69 Å². The number of hydrogen-bond acceptors (Lipinski definition) is 4. The molecule has 5 aromatic rings. The molecule has 7 heteroatoms. The summed E-state index contributed by atoms with van der Waals surface area (Å²) in [6.45, 7) is 0. The number of nitrogens with one attached hydrogen (secondary N) is 2. The van der Waals surface area contributed by atoms with Gasteiger partial charge in [0.1, 0.15) is 5.65 Å². The Hall–Kier alpha value is -3.87. The predicted octanol–water partition coefficient (Wildman–Crippen LogP) is 3.72. The van der Waals surface area contributed by atoms with E-state index in [1.807, 2.05) is 47.0 Å². The van der Waals surface area contributed by atoms with Crippen LogP contribution in [0.25, 0.3) is 28.3 Å². The lowest BCUT2D eigenvalue weighted by Crippen LogP contribution is -2.13. The Bertz CT molecular complexity index is 1230. The van der Waals surface area contributed by atoms with E-state index in [1.165, 1.54) is 0 Å². The van der Waals surface area contributed by atoms with Gasteiger partial charge in [0.05, 0.1) is 22.9 Å². The average molecular weight is 343 g/mol. The lowest BCUT2D eigenvalue weighted by molar-refractivity contribution is 0.102. The second-order valence-electron chi connectivity index (χ2n) is 5.83. The van der Waals surface area contributed by atoms with Crippen LogP contribution in [0.2, 0.25) is 0 Å². The van der Waals surface area contributed by atoms with Crippen molar-refractivity contribution in [2.45, 2.75) is 0 Å². The minimum atomic E-state index is -0.216. The van der Waals surface area contributed by atoms with E-state index in [2.05, 4.69) is 20.3 Å². The molecule has 7 nitrogen and oxygen atoms in total. The molecule has 0 saturated carbocycles. The molecule has 0 radical (unpaired) electrons. The van der Waals surface area contributed by atoms with E-state index >= 15 is 0 Å². The summed E-state index contributed by atoms with van der Waals surface area (Å²) in [7, 11) is 0. The zero-order chi connectivity index (χ0) is 17.5. The molecule has 0 aliphatic carbocycles. The molecule has 0 spiro atoms. The largest absolute Gasteiger partial charge is 0.461 e. The number of carbonyl (C=O) groups is 1. The van der Waals surface area contributed by atoms with Crippen molar-refractivity contribution in [3.63, 3.8) is 0 Å². The van der Waals surface area contributed by atoms with Crippen LogP contribution in [0.15, 0.2) is 71.7 Å². The maximum absolute atomic E-state index is 12.6. The highest BCUT2D eigenvalue weighted by molar-refractivity contribution is 6.08. The average Bonchev–Trinajstić information content (AvgIpc) is 3.39. The third-order valence-corrected chi connectivity index (χ3v) is 4.16. The van der Waals surface area contributed by atoms with Crippen LogP contribution in [0.1, 0.15) is 10.4 Å². The van der Waals surface area contributed by atoms with E-state index < -0.39 is 0 Å². The maximum atomic E-state index is 12.6. The molecule has 0 atom stereocenters. The van der Waals surface area contributed by atoms with Gasteiger partial charge < -0.3 is 19.1 Å². The summed E-state index contributed by atoms with van der Waals surface area (Å²) in [5.41, 5.74) is 3.41. The number of furan rings is 1. The summed E-state index contributed by atoms with van der Waals surface area (Å²) in [6, 6.07) is 12.7. The van der Waals surface area contributed by atoms with Crippen LogP contribution in [0, 0.1) is 0 Å². The van der Waals surface area contributed by atoms with Gasteiger partial charge >= 0.3 is 0 Å². The van der Waals surface area contributed by atoms with Gasteiger partial charge in [-0.2, -0.15) is 0 Å². The zero-order valence-electron chi connectivity index (χ0n) is 13.5. The van der Waals surface area contributed by atoms with Gasteiger partial charge in [0.2, 0.25) is 0 Å². The summed E-state index contributed by atoms with van der Waals surface area (Å²) in [5.74, 6) is 1.10. The number of anilines is 1. The molecule has 0 saturated heterocycles. The highest BCUT2D eigenvalue weighted by Crippen LogP contribution is 2.23. The fourth-order valence-corrected chi connectivity index (χ4v) is 2.94. The molecule has 126 valence electrons. The van der Waals surface area contributed by atoms with Gasteiger partial charge in [-0.25, -0.2) is 9.97 Å². The van der Waals surface area contributed by atoms with Crippen molar-refractivity contribution >= 4 is 28.3 Å². The van der Waals surface area contributed by atoms with E-state index in [0.717, 1.165) is 11.0 Å². The van der Waals surface area contributed by atoms with Crippen molar-refractivity contribution in [2.24, 2.45) is 0 Å². The highest BCUT2D eigenvalue weighted by atomic mass is 16.3. The standard InChI is InChI=1S/C19H13N5O2/c25-19(13-3-1-8-24-9-7-20-18(13)24)21-12-5-6-14-15(11-12)23-17(22-14)16-4-2-10-26-16/h1-11H,(H,21,25)(H,22,23). The first-order valence-corrected chi connectivity index (χ1v) is 8.05. The van der Waals surface area contributed by atoms with Gasteiger partial charge in [-0.05, 0) is 42.5 Å². The molecule has 1 aromatic carbocycles. The number of carbonyl (C=O) groups excluding carboxylic acids is 1. The van der Waals surface area contributed by atoms with Gasteiger partial charge in [-0.1, -0.05) is 0 Å². The molecule has 0 unspecified atom stereocenters. The normalized spacial score (nSPS) is 11.2. The number of imidazole rings is 2. The van der Waals surface area contributed by atoms with Crippen molar-refractivity contribution in [1.29, 1.82) is 0 Å². The van der Waals surface area contributed by atoms with Crippen LogP contribution < -0.4 is 5.32 Å². The molecule has 0 aliphatic heterocycles. The number of aromatic amines is 1. The Kier molecular flexibility index (Phi) is 3.11. The Morgan fingerprint density at radius 1 is 1.15 bits per heavy atom. The lowest BCUT2D eigenvalue weighted by Gasteiger charge is -2.06. The topological polar surface area (TPSA) is 88.2 Å². The summed E-state index contributed by atoms with van der Waals surface area (Å²) in [5, 5.41) is 2.91. The first kappa shape index (κ1) is 14.5. The molecular formula is C19H13N5O2. The minimum absolute atomic E-state index is 0.216. The second kappa shape index (κ2) is 5.59. The third-order valence-electron chi connectivity index (χ3n) is 4.16. The monoisotopic (exact) mass is 343 g/mol. The van der Waals surface area contributed by atoms with Gasteiger partial charge in [-0.3, -0.25) is 4.79 Å². The van der Waals surface area contributed by atoms with E-state index in [0.29, 0.717) is 28.5 Å². The molecule has 4 aromatic heterocycles. The number of amides is 1. The zero-order valence-corrected chi connectivity index (χ0v) is 13.5. The number of H-pyrrole nitrogens is 1. The van der Waals surface area contributed by atoms with Gasteiger partial charge in [0, 0.05) is 24.3 Å². The van der Waals surface area contributed by atoms with E-state index in [9.17, 15) is 4.79 Å². The molecule has 2 N–H and O–H groups in total. The number of pyridine rings is 1. The Morgan fingerprint density at radius 2 is 2.12 bits per heavy atom. The van der Waals surface area contributed by atoms with E-state index in [-0.39, 0.29) is 5.91 Å². The van der Waals surface area contributed by atoms with Crippen LogP contribution in [0.3, 0.4) is 0 Å². The fourth-order valence-electron chi connectivity index (χ4n) is 2.94. The van der Waals surface area contributed by atoms with Crippen LogP contribution in [-0.4, -0.2) is 25.3 Å². The number of fused-ring (bicyclic) bond motifs is 2. The highest BCUT2D eigenvalue weighted by Gasteiger charge is 2.13. The predicted molar refractivity (Wildman–Crippen MR) is 96.9 cm³/mol. The first-order chi connectivity index (χ1) is 12.8. The second-order valence-corrected chi connectivity index (χ2v) is 5.83. The molecule has 0 aliphatic rings. The fraction of sp³-hybridized carbons (Fsp3) is 0. The van der Waals surface area contributed by atoms with E-state index in [4.69, 9.17) is 4.42 Å². The molecule has 4 heterocycles. The Labute approximate surface area is 147 Å². The first-order valence-electron chi connectivity index (χ1n) is 8.05. The summed E-state index contributed by atoms with van der Waals surface area (Å²) >= 11 is 0. The molecule has 0 fully saturated rings. The van der Waals surface area contributed by atoms with Gasteiger partial charge in [-0.15, -0.1) is 0 Å². The summed E-state index contributed by atoms with van der Waals surface area (Å²) < 4.78 is 7.17. The minimum Gasteiger partial charge on any atom is -0.461 e. The number of nitrogens with zero attached hydrogens (tertiary/aromatic N) is 3. The Balaban J connectivity index is 1.47. The molecular weight excluding hydrogens is 330 g/mol. The number of rotatable bonds is 3. The smallest absolute Gasteiger partial charge is 0.259 e. The Morgan fingerprint density at radius 3 is 3.00 bits per heavy atom. The number of aromatic nitrogens is 4. The van der Waals surface area contributed by atoms with Crippen LogP contribution >= 0.6 is 0 Å². The SMILES string of the molecule is O=C(Nc1ccc2nc(-c3ccco3)[nH]c2c1)c1cccn2ccnc12. The van der Waals surface area contributed by atoms with Crippen molar-refractivity contribution in [3.05, 3.63) is 72.9 Å². The molecule has 26 heavy (non-hydrogen) atoms. The lowest BCUT2D eigenvalue weighted by atomic mass is 10.2. The van der Waals surface area contributed by atoms with Crippen LogP contribution in [-0.2, 0) is 0 Å². The molecule has 1 amide bonds.